The van der Waals surface area contributed by atoms with Crippen LogP contribution in [0.1, 0.15) is 22.6 Å². The Labute approximate surface area is 203 Å². The van der Waals surface area contributed by atoms with Crippen molar-refractivity contribution in [2.45, 2.75) is 42.0 Å². The number of hydrogen-bond acceptors (Lipinski definition) is 7. The highest BCUT2D eigenvalue weighted by Gasteiger charge is 2.32. The summed E-state index contributed by atoms with van der Waals surface area (Å²) in [7, 11) is 0. The van der Waals surface area contributed by atoms with Gasteiger partial charge in [0.25, 0.3) is 0 Å². The van der Waals surface area contributed by atoms with E-state index in [0.29, 0.717) is 11.4 Å². The number of rotatable bonds is 10. The van der Waals surface area contributed by atoms with Crippen molar-refractivity contribution >= 4 is 23.6 Å². The van der Waals surface area contributed by atoms with Crippen molar-refractivity contribution in [3.8, 4) is 0 Å². The Kier molecular flexibility index (Phi) is 8.77. The lowest BCUT2D eigenvalue weighted by Gasteiger charge is -2.18. The lowest BCUT2D eigenvalue weighted by Crippen LogP contribution is -2.50. The number of carboxylic acids is 1. The van der Waals surface area contributed by atoms with Gasteiger partial charge in [0.15, 0.2) is 5.16 Å². The fourth-order valence-corrected chi connectivity index (χ4v) is 3.81. The van der Waals surface area contributed by atoms with E-state index in [4.69, 9.17) is 5.73 Å². The predicted octanol–water partition coefficient (Wildman–Crippen LogP) is 2.86. The molecule has 2 atom stereocenters. The molecule has 0 radical (unpaired) electrons. The molecule has 1 aromatic carbocycles. The van der Waals surface area contributed by atoms with E-state index < -0.39 is 35.8 Å². The van der Waals surface area contributed by atoms with Crippen molar-refractivity contribution in [2.24, 2.45) is 5.73 Å². The normalized spacial score (nSPS) is 13.1. The monoisotopic (exact) mass is 505 g/mol. The number of alkyl halides is 3. The van der Waals surface area contributed by atoms with Crippen LogP contribution in [-0.2, 0) is 34.4 Å². The number of carbonyl (C=O) groups is 2. The molecule has 1 amide bonds. The highest BCUT2D eigenvalue weighted by Crippen LogP contribution is 2.29. The standard InChI is InChI=1S/C23H22F3N5O3S/c24-23(25,26)19-9-10-28-22(31-19)35-13-16-8-4-7-15(29-16)12-18(21(33)34)30-20(32)17(27)11-14-5-2-1-3-6-14/h1-10,17-18H,11-13,27H2,(H,30,32)(H,33,34). The summed E-state index contributed by atoms with van der Waals surface area (Å²) < 4.78 is 38.5. The highest BCUT2D eigenvalue weighted by molar-refractivity contribution is 7.98. The number of carboxylic acid groups (broad SMARTS) is 1. The zero-order valence-electron chi connectivity index (χ0n) is 18.3. The molecule has 0 aliphatic rings. The molecule has 0 saturated heterocycles. The van der Waals surface area contributed by atoms with Gasteiger partial charge in [0.1, 0.15) is 11.7 Å². The Balaban J connectivity index is 1.61. The van der Waals surface area contributed by atoms with E-state index in [2.05, 4.69) is 20.3 Å². The molecule has 0 aliphatic carbocycles. The van der Waals surface area contributed by atoms with E-state index in [0.717, 1.165) is 29.6 Å². The second kappa shape index (κ2) is 11.8. The fraction of sp³-hybridized carbons (Fsp3) is 0.261. The van der Waals surface area contributed by atoms with Crippen LogP contribution >= 0.6 is 11.8 Å². The zero-order valence-corrected chi connectivity index (χ0v) is 19.1. The number of aliphatic carboxylic acids is 1. The molecule has 0 fully saturated rings. The lowest BCUT2D eigenvalue weighted by molar-refractivity contribution is -0.142. The molecular formula is C23H22F3N5O3S. The van der Waals surface area contributed by atoms with Gasteiger partial charge < -0.3 is 16.2 Å². The van der Waals surface area contributed by atoms with Crippen LogP contribution in [0.2, 0.25) is 0 Å². The predicted molar refractivity (Wildman–Crippen MR) is 122 cm³/mol. The number of aromatic nitrogens is 3. The second-order valence-corrected chi connectivity index (χ2v) is 8.47. The van der Waals surface area contributed by atoms with Crippen LogP contribution in [0.15, 0.2) is 66.0 Å². The van der Waals surface area contributed by atoms with Gasteiger partial charge in [-0.25, -0.2) is 14.8 Å². The molecule has 2 unspecified atom stereocenters. The summed E-state index contributed by atoms with van der Waals surface area (Å²) in [5, 5.41) is 12.0. The van der Waals surface area contributed by atoms with Crippen molar-refractivity contribution in [2.75, 3.05) is 0 Å². The minimum atomic E-state index is -4.57. The summed E-state index contributed by atoms with van der Waals surface area (Å²) in [5.41, 5.74) is 6.63. The SMILES string of the molecule is NC(Cc1ccccc1)C(=O)NC(Cc1cccc(CSc2nccc(C(F)(F)F)n2)n1)C(=O)O. The van der Waals surface area contributed by atoms with Crippen LogP contribution in [0.4, 0.5) is 13.2 Å². The third kappa shape index (κ3) is 8.04. The van der Waals surface area contributed by atoms with Crippen molar-refractivity contribution in [1.82, 2.24) is 20.3 Å². The Morgan fingerprint density at radius 3 is 2.40 bits per heavy atom. The molecule has 35 heavy (non-hydrogen) atoms. The molecule has 0 spiro atoms. The van der Waals surface area contributed by atoms with Gasteiger partial charge in [-0.05, 0) is 30.2 Å². The molecule has 2 aromatic heterocycles. The van der Waals surface area contributed by atoms with Crippen molar-refractivity contribution in [3.63, 3.8) is 0 Å². The van der Waals surface area contributed by atoms with Crippen LogP contribution in [0.5, 0.6) is 0 Å². The van der Waals surface area contributed by atoms with Crippen LogP contribution < -0.4 is 11.1 Å². The molecule has 4 N–H and O–H groups in total. The van der Waals surface area contributed by atoms with E-state index in [-0.39, 0.29) is 23.8 Å². The first-order valence-corrected chi connectivity index (χ1v) is 11.4. The Morgan fingerprint density at radius 2 is 1.71 bits per heavy atom. The third-order valence-electron chi connectivity index (χ3n) is 4.80. The number of amides is 1. The van der Waals surface area contributed by atoms with E-state index in [1.165, 1.54) is 0 Å². The van der Waals surface area contributed by atoms with Crippen LogP contribution in [-0.4, -0.2) is 44.0 Å². The largest absolute Gasteiger partial charge is 0.480 e. The van der Waals surface area contributed by atoms with Gasteiger partial charge >= 0.3 is 12.1 Å². The first-order chi connectivity index (χ1) is 16.6. The number of nitrogens with one attached hydrogen (secondary N) is 1. The summed E-state index contributed by atoms with van der Waals surface area (Å²) >= 11 is 0.966. The second-order valence-electron chi connectivity index (χ2n) is 7.53. The maximum absolute atomic E-state index is 12.8. The first-order valence-electron chi connectivity index (χ1n) is 10.4. The molecular weight excluding hydrogens is 483 g/mol. The smallest absolute Gasteiger partial charge is 0.433 e. The molecule has 0 saturated carbocycles. The molecule has 184 valence electrons. The fourth-order valence-electron chi connectivity index (χ4n) is 3.08. The van der Waals surface area contributed by atoms with Crippen molar-refractivity contribution in [3.05, 3.63) is 83.4 Å². The number of benzene rings is 1. The minimum Gasteiger partial charge on any atom is -0.480 e. The first kappa shape index (κ1) is 26.1. The van der Waals surface area contributed by atoms with Gasteiger partial charge in [0.05, 0.1) is 11.7 Å². The highest BCUT2D eigenvalue weighted by atomic mass is 32.2. The summed E-state index contributed by atoms with van der Waals surface area (Å²) in [6.07, 6.45) is -3.39. The van der Waals surface area contributed by atoms with Crippen molar-refractivity contribution in [1.29, 1.82) is 0 Å². The van der Waals surface area contributed by atoms with Crippen LogP contribution in [0.3, 0.4) is 0 Å². The Hall–Kier alpha value is -3.51. The zero-order chi connectivity index (χ0) is 25.4. The van der Waals surface area contributed by atoms with Gasteiger partial charge in [0.2, 0.25) is 5.91 Å². The third-order valence-corrected chi connectivity index (χ3v) is 5.70. The quantitative estimate of drug-likeness (QED) is 0.283. The molecule has 12 heteroatoms. The molecule has 2 heterocycles. The van der Waals surface area contributed by atoms with Gasteiger partial charge in [-0.2, -0.15) is 13.2 Å². The minimum absolute atomic E-state index is 0.0601. The molecule has 8 nitrogen and oxygen atoms in total. The van der Waals surface area contributed by atoms with E-state index in [9.17, 15) is 27.9 Å². The number of halogens is 3. The van der Waals surface area contributed by atoms with Crippen LogP contribution in [0.25, 0.3) is 0 Å². The number of nitrogens with zero attached hydrogens (tertiary/aromatic N) is 3. The van der Waals surface area contributed by atoms with Gasteiger partial charge in [-0.15, -0.1) is 0 Å². The summed E-state index contributed by atoms with van der Waals surface area (Å²) in [6, 6.07) is 12.6. The van der Waals surface area contributed by atoms with E-state index >= 15 is 0 Å². The maximum atomic E-state index is 12.8. The van der Waals surface area contributed by atoms with Gasteiger partial charge in [-0.3, -0.25) is 9.78 Å². The number of thioether (sulfide) groups is 1. The number of pyridine rings is 1. The van der Waals surface area contributed by atoms with E-state index in [1.807, 2.05) is 30.3 Å². The van der Waals surface area contributed by atoms with Crippen molar-refractivity contribution < 1.29 is 27.9 Å². The van der Waals surface area contributed by atoms with E-state index in [1.54, 1.807) is 18.2 Å². The summed E-state index contributed by atoms with van der Waals surface area (Å²) in [6.45, 7) is 0. The lowest BCUT2D eigenvalue weighted by atomic mass is 10.0. The Bertz CT molecular complexity index is 1160. The van der Waals surface area contributed by atoms with Crippen LogP contribution in [0, 0.1) is 0 Å². The topological polar surface area (TPSA) is 131 Å². The van der Waals surface area contributed by atoms with Gasteiger partial charge in [0, 0.05) is 24.1 Å². The molecule has 0 aliphatic heterocycles. The van der Waals surface area contributed by atoms with Gasteiger partial charge in [-0.1, -0.05) is 48.2 Å². The average molecular weight is 506 g/mol. The molecule has 3 aromatic rings. The number of hydrogen-bond donors (Lipinski definition) is 3. The molecule has 0 bridgehead atoms. The summed E-state index contributed by atoms with van der Waals surface area (Å²) in [5.74, 6) is -1.68. The Morgan fingerprint density at radius 1 is 1.00 bits per heavy atom. The maximum Gasteiger partial charge on any atom is 0.433 e. The average Bonchev–Trinajstić information content (AvgIpc) is 2.83. The number of nitrogens with two attached hydrogens (primary N) is 1. The summed E-state index contributed by atoms with van der Waals surface area (Å²) in [4.78, 5) is 35.9. The number of carbonyl (C=O) groups excluding carboxylic acids is 1. The molecule has 3 rings (SSSR count).